The lowest BCUT2D eigenvalue weighted by Gasteiger charge is -2.42. The van der Waals surface area contributed by atoms with E-state index in [2.05, 4.69) is 0 Å². The summed E-state index contributed by atoms with van der Waals surface area (Å²) in [6.45, 7) is 4.76. The number of piperazine rings is 1. The van der Waals surface area contributed by atoms with Crippen molar-refractivity contribution in [1.82, 2.24) is 9.80 Å². The van der Waals surface area contributed by atoms with Gasteiger partial charge in [0.25, 0.3) is 0 Å². The standard InChI is InChI=1S/C18H24N2O3/c1-14(21)20-10-9-19(18(22)16-7-11-23-12-8-16)13-17(20)15-5-3-2-4-6-15/h2-6,16-17H,7-13H2,1H3/t17-/m1/s1. The van der Waals surface area contributed by atoms with Crippen molar-refractivity contribution in [2.45, 2.75) is 25.8 Å². The summed E-state index contributed by atoms with van der Waals surface area (Å²) in [5.41, 5.74) is 1.09. The number of nitrogens with zero attached hydrogens (tertiary/aromatic N) is 2. The van der Waals surface area contributed by atoms with E-state index in [-0.39, 0.29) is 23.8 Å². The highest BCUT2D eigenvalue weighted by molar-refractivity contribution is 5.80. The second-order valence-electron chi connectivity index (χ2n) is 6.31. The maximum Gasteiger partial charge on any atom is 0.226 e. The molecule has 3 rings (SSSR count). The molecule has 0 aliphatic carbocycles. The third-order valence-electron chi connectivity index (χ3n) is 4.85. The molecule has 0 unspecified atom stereocenters. The van der Waals surface area contributed by atoms with E-state index < -0.39 is 0 Å². The second-order valence-corrected chi connectivity index (χ2v) is 6.31. The number of ether oxygens (including phenoxy) is 1. The monoisotopic (exact) mass is 316 g/mol. The molecule has 0 aromatic heterocycles. The quantitative estimate of drug-likeness (QED) is 0.836. The molecule has 2 saturated heterocycles. The summed E-state index contributed by atoms with van der Waals surface area (Å²) in [4.78, 5) is 28.6. The summed E-state index contributed by atoms with van der Waals surface area (Å²) in [5, 5.41) is 0. The van der Waals surface area contributed by atoms with Crippen LogP contribution in [0.2, 0.25) is 0 Å². The van der Waals surface area contributed by atoms with E-state index in [1.54, 1.807) is 6.92 Å². The van der Waals surface area contributed by atoms with Crippen LogP contribution in [0.1, 0.15) is 31.4 Å². The number of amides is 2. The molecule has 0 radical (unpaired) electrons. The fourth-order valence-electron chi connectivity index (χ4n) is 3.52. The van der Waals surface area contributed by atoms with E-state index >= 15 is 0 Å². The van der Waals surface area contributed by atoms with Crippen molar-refractivity contribution in [2.24, 2.45) is 5.92 Å². The van der Waals surface area contributed by atoms with E-state index in [1.807, 2.05) is 40.1 Å². The van der Waals surface area contributed by atoms with Crippen molar-refractivity contribution in [2.75, 3.05) is 32.8 Å². The lowest BCUT2D eigenvalue weighted by atomic mass is 9.96. The highest BCUT2D eigenvalue weighted by Crippen LogP contribution is 2.27. The maximum absolute atomic E-state index is 12.8. The fourth-order valence-corrected chi connectivity index (χ4v) is 3.52. The van der Waals surface area contributed by atoms with Crippen LogP contribution >= 0.6 is 0 Å². The van der Waals surface area contributed by atoms with Crippen LogP contribution in [0.5, 0.6) is 0 Å². The van der Waals surface area contributed by atoms with Gasteiger partial charge in [-0.3, -0.25) is 9.59 Å². The van der Waals surface area contributed by atoms with E-state index in [9.17, 15) is 9.59 Å². The van der Waals surface area contributed by atoms with Gasteiger partial charge in [0.05, 0.1) is 6.04 Å². The third kappa shape index (κ3) is 3.55. The van der Waals surface area contributed by atoms with Gasteiger partial charge < -0.3 is 14.5 Å². The lowest BCUT2D eigenvalue weighted by molar-refractivity contribution is -0.146. The highest BCUT2D eigenvalue weighted by atomic mass is 16.5. The fraction of sp³-hybridized carbons (Fsp3) is 0.556. The molecule has 0 bridgehead atoms. The van der Waals surface area contributed by atoms with Gasteiger partial charge in [-0.25, -0.2) is 0 Å². The Morgan fingerprint density at radius 1 is 1.09 bits per heavy atom. The zero-order chi connectivity index (χ0) is 16.2. The Bertz CT molecular complexity index is 555. The molecule has 2 aliphatic rings. The molecule has 2 fully saturated rings. The van der Waals surface area contributed by atoms with Crippen molar-refractivity contribution < 1.29 is 14.3 Å². The van der Waals surface area contributed by atoms with Gasteiger partial charge in [0, 0.05) is 45.7 Å². The van der Waals surface area contributed by atoms with Crippen LogP contribution in [0, 0.1) is 5.92 Å². The van der Waals surface area contributed by atoms with Gasteiger partial charge in [-0.05, 0) is 18.4 Å². The lowest BCUT2D eigenvalue weighted by Crippen LogP contribution is -2.53. The van der Waals surface area contributed by atoms with Gasteiger partial charge in [-0.15, -0.1) is 0 Å². The number of benzene rings is 1. The molecule has 2 amide bonds. The average Bonchev–Trinajstić information content (AvgIpc) is 2.62. The van der Waals surface area contributed by atoms with Gasteiger partial charge in [0.1, 0.15) is 0 Å². The minimum Gasteiger partial charge on any atom is -0.381 e. The molecule has 0 spiro atoms. The molecule has 1 aromatic carbocycles. The van der Waals surface area contributed by atoms with Crippen molar-refractivity contribution >= 4 is 11.8 Å². The summed E-state index contributed by atoms with van der Waals surface area (Å²) < 4.78 is 5.35. The Morgan fingerprint density at radius 3 is 2.43 bits per heavy atom. The first-order valence-corrected chi connectivity index (χ1v) is 8.35. The zero-order valence-corrected chi connectivity index (χ0v) is 13.6. The zero-order valence-electron chi connectivity index (χ0n) is 13.6. The van der Waals surface area contributed by atoms with Gasteiger partial charge in [0.2, 0.25) is 11.8 Å². The van der Waals surface area contributed by atoms with Crippen LogP contribution in [-0.2, 0) is 14.3 Å². The van der Waals surface area contributed by atoms with Crippen LogP contribution in [-0.4, -0.2) is 54.5 Å². The Balaban J connectivity index is 1.75. The molecule has 0 saturated carbocycles. The number of hydrogen-bond acceptors (Lipinski definition) is 3. The number of rotatable bonds is 2. The largest absolute Gasteiger partial charge is 0.381 e. The van der Waals surface area contributed by atoms with E-state index in [0.717, 1.165) is 18.4 Å². The Kier molecular flexibility index (Phi) is 4.96. The molecule has 2 aliphatic heterocycles. The van der Waals surface area contributed by atoms with E-state index in [4.69, 9.17) is 4.74 Å². The van der Waals surface area contributed by atoms with Crippen LogP contribution in [0.15, 0.2) is 30.3 Å². The molecule has 23 heavy (non-hydrogen) atoms. The first kappa shape index (κ1) is 16.0. The summed E-state index contributed by atoms with van der Waals surface area (Å²) in [6.07, 6.45) is 1.61. The minimum atomic E-state index is -0.0498. The van der Waals surface area contributed by atoms with Crippen LogP contribution in [0.4, 0.5) is 0 Å². The molecule has 5 heteroatoms. The highest BCUT2D eigenvalue weighted by Gasteiger charge is 2.34. The van der Waals surface area contributed by atoms with E-state index in [1.165, 1.54) is 0 Å². The molecular formula is C18H24N2O3. The molecule has 1 aromatic rings. The normalized spacial score (nSPS) is 22.9. The number of carbonyl (C=O) groups excluding carboxylic acids is 2. The maximum atomic E-state index is 12.8. The molecule has 5 nitrogen and oxygen atoms in total. The van der Waals surface area contributed by atoms with Gasteiger partial charge in [-0.1, -0.05) is 30.3 Å². The second kappa shape index (κ2) is 7.13. The third-order valence-corrected chi connectivity index (χ3v) is 4.85. The molecule has 0 N–H and O–H groups in total. The predicted molar refractivity (Wildman–Crippen MR) is 86.7 cm³/mol. The molecule has 124 valence electrons. The Hall–Kier alpha value is -1.88. The summed E-state index contributed by atoms with van der Waals surface area (Å²) in [6, 6.07) is 9.94. The van der Waals surface area contributed by atoms with Gasteiger partial charge in [0.15, 0.2) is 0 Å². The summed E-state index contributed by atoms with van der Waals surface area (Å²) in [5.74, 6) is 0.360. The first-order chi connectivity index (χ1) is 11.2. The number of carbonyl (C=O) groups is 2. The van der Waals surface area contributed by atoms with Crippen LogP contribution in [0.25, 0.3) is 0 Å². The number of hydrogen-bond donors (Lipinski definition) is 0. The molecule has 1 atom stereocenters. The average molecular weight is 316 g/mol. The smallest absolute Gasteiger partial charge is 0.226 e. The van der Waals surface area contributed by atoms with Crippen LogP contribution in [0.3, 0.4) is 0 Å². The Labute approximate surface area is 137 Å². The van der Waals surface area contributed by atoms with Crippen molar-refractivity contribution in [3.8, 4) is 0 Å². The summed E-state index contributed by atoms with van der Waals surface area (Å²) >= 11 is 0. The van der Waals surface area contributed by atoms with Gasteiger partial charge >= 0.3 is 0 Å². The van der Waals surface area contributed by atoms with E-state index in [0.29, 0.717) is 32.8 Å². The Morgan fingerprint density at radius 2 is 1.78 bits per heavy atom. The molecule has 2 heterocycles. The summed E-state index contributed by atoms with van der Waals surface area (Å²) in [7, 11) is 0. The minimum absolute atomic E-state index is 0.0498. The van der Waals surface area contributed by atoms with Crippen molar-refractivity contribution in [3.63, 3.8) is 0 Å². The van der Waals surface area contributed by atoms with Crippen molar-refractivity contribution in [3.05, 3.63) is 35.9 Å². The molecular weight excluding hydrogens is 292 g/mol. The van der Waals surface area contributed by atoms with Crippen LogP contribution < -0.4 is 0 Å². The topological polar surface area (TPSA) is 49.9 Å². The van der Waals surface area contributed by atoms with Gasteiger partial charge in [-0.2, -0.15) is 0 Å². The SMILES string of the molecule is CC(=O)N1CCN(C(=O)C2CCOCC2)C[C@@H]1c1ccccc1. The van der Waals surface area contributed by atoms with Crippen molar-refractivity contribution in [1.29, 1.82) is 0 Å². The first-order valence-electron chi connectivity index (χ1n) is 8.35. The predicted octanol–water partition coefficient (Wildman–Crippen LogP) is 1.84.